The van der Waals surface area contributed by atoms with Crippen LogP contribution in [0.1, 0.15) is 37.5 Å². The second-order valence-corrected chi connectivity index (χ2v) is 7.76. The second kappa shape index (κ2) is 10.7. The van der Waals surface area contributed by atoms with Crippen LogP contribution in [0.2, 0.25) is 0 Å². The van der Waals surface area contributed by atoms with Gasteiger partial charge in [0.25, 0.3) is 0 Å². The van der Waals surface area contributed by atoms with E-state index in [1.54, 1.807) is 14.2 Å². The first-order valence-electron chi connectivity index (χ1n) is 9.75. The number of carbonyl (C=O) groups is 1. The first-order valence-corrected chi connectivity index (χ1v) is 9.75. The number of hydrogen-bond donors (Lipinski definition) is 2. The zero-order chi connectivity index (χ0) is 21.3. The van der Waals surface area contributed by atoms with Gasteiger partial charge in [-0.05, 0) is 62.1 Å². The number of hydrogen-bond acceptors (Lipinski definition) is 4. The van der Waals surface area contributed by atoms with E-state index in [-0.39, 0.29) is 11.6 Å². The van der Waals surface area contributed by atoms with Crippen molar-refractivity contribution in [3.8, 4) is 11.5 Å². The molecule has 0 fully saturated rings. The van der Waals surface area contributed by atoms with Gasteiger partial charge < -0.3 is 24.8 Å². The summed E-state index contributed by atoms with van der Waals surface area (Å²) in [6.07, 6.45) is 0.646. The van der Waals surface area contributed by atoms with Crippen LogP contribution < -0.4 is 20.1 Å². The maximum absolute atomic E-state index is 12.1. The van der Waals surface area contributed by atoms with E-state index < -0.39 is 0 Å². The molecule has 158 valence electrons. The minimum absolute atomic E-state index is 0.181. The molecule has 0 radical (unpaired) electrons. The SMILES string of the molecule is COc1ccc(OC)c(CCNC(=O)NCc2cccc(COC(C)(C)C)c2)c1. The van der Waals surface area contributed by atoms with Crippen molar-refractivity contribution in [1.82, 2.24) is 10.6 Å². The third-order valence-corrected chi connectivity index (χ3v) is 4.28. The Morgan fingerprint density at radius 3 is 2.41 bits per heavy atom. The molecule has 0 spiro atoms. The Hall–Kier alpha value is -2.73. The molecule has 2 aromatic rings. The molecule has 6 heteroatoms. The molecule has 0 unspecified atom stereocenters. The van der Waals surface area contributed by atoms with Crippen LogP contribution in [0.25, 0.3) is 0 Å². The predicted octanol–water partition coefficient (Wildman–Crippen LogP) is 4.06. The lowest BCUT2D eigenvalue weighted by atomic mass is 10.1. The van der Waals surface area contributed by atoms with E-state index in [2.05, 4.69) is 10.6 Å². The highest BCUT2D eigenvalue weighted by molar-refractivity contribution is 5.73. The Morgan fingerprint density at radius 2 is 1.72 bits per heavy atom. The normalized spacial score (nSPS) is 11.1. The van der Waals surface area contributed by atoms with E-state index in [1.807, 2.05) is 63.2 Å². The van der Waals surface area contributed by atoms with Crippen LogP contribution in [0.3, 0.4) is 0 Å². The number of urea groups is 1. The van der Waals surface area contributed by atoms with Crippen molar-refractivity contribution in [2.45, 2.75) is 45.9 Å². The van der Waals surface area contributed by atoms with Gasteiger partial charge >= 0.3 is 6.03 Å². The smallest absolute Gasteiger partial charge is 0.315 e. The summed E-state index contributed by atoms with van der Waals surface area (Å²) >= 11 is 0. The molecule has 0 saturated heterocycles. The molecule has 2 aromatic carbocycles. The maximum Gasteiger partial charge on any atom is 0.315 e. The summed E-state index contributed by atoms with van der Waals surface area (Å²) in [4.78, 5) is 12.1. The third-order valence-electron chi connectivity index (χ3n) is 4.28. The molecule has 0 saturated carbocycles. The van der Waals surface area contributed by atoms with Gasteiger partial charge in [0.1, 0.15) is 11.5 Å². The van der Waals surface area contributed by atoms with E-state index in [4.69, 9.17) is 14.2 Å². The molecule has 0 aromatic heterocycles. The van der Waals surface area contributed by atoms with Gasteiger partial charge in [0.2, 0.25) is 0 Å². The highest BCUT2D eigenvalue weighted by Gasteiger charge is 2.10. The van der Waals surface area contributed by atoms with Crippen molar-refractivity contribution >= 4 is 6.03 Å². The van der Waals surface area contributed by atoms with E-state index in [0.29, 0.717) is 26.1 Å². The largest absolute Gasteiger partial charge is 0.497 e. The summed E-state index contributed by atoms with van der Waals surface area (Å²) in [5.74, 6) is 1.54. The lowest BCUT2D eigenvalue weighted by Crippen LogP contribution is -2.36. The molecule has 2 rings (SSSR count). The van der Waals surface area contributed by atoms with Gasteiger partial charge in [-0.3, -0.25) is 0 Å². The number of nitrogens with one attached hydrogen (secondary N) is 2. The van der Waals surface area contributed by atoms with Crippen LogP contribution >= 0.6 is 0 Å². The van der Waals surface area contributed by atoms with Crippen LogP contribution in [0.4, 0.5) is 4.79 Å². The summed E-state index contributed by atoms with van der Waals surface area (Å²) in [6, 6.07) is 13.5. The van der Waals surface area contributed by atoms with Crippen molar-refractivity contribution in [2.24, 2.45) is 0 Å². The van der Waals surface area contributed by atoms with Crippen molar-refractivity contribution < 1.29 is 19.0 Å². The lowest BCUT2D eigenvalue weighted by Gasteiger charge is -2.19. The zero-order valence-electron chi connectivity index (χ0n) is 18.0. The number of carbonyl (C=O) groups excluding carboxylic acids is 1. The summed E-state index contributed by atoms with van der Waals surface area (Å²) in [6.45, 7) is 7.59. The van der Waals surface area contributed by atoms with Crippen molar-refractivity contribution in [3.05, 3.63) is 59.2 Å². The highest BCUT2D eigenvalue weighted by atomic mass is 16.5. The van der Waals surface area contributed by atoms with Crippen molar-refractivity contribution in [1.29, 1.82) is 0 Å². The van der Waals surface area contributed by atoms with Gasteiger partial charge in [-0.1, -0.05) is 24.3 Å². The molecule has 0 atom stereocenters. The molecule has 0 aliphatic rings. The molecule has 2 amide bonds. The number of benzene rings is 2. The monoisotopic (exact) mass is 400 g/mol. The van der Waals surface area contributed by atoms with E-state index in [1.165, 1.54) is 0 Å². The van der Waals surface area contributed by atoms with Crippen LogP contribution in [0, 0.1) is 0 Å². The molecule has 0 heterocycles. The van der Waals surface area contributed by atoms with Crippen LogP contribution in [-0.4, -0.2) is 32.4 Å². The fourth-order valence-electron chi connectivity index (χ4n) is 2.76. The van der Waals surface area contributed by atoms with E-state index in [0.717, 1.165) is 28.2 Å². The van der Waals surface area contributed by atoms with Crippen LogP contribution in [0.15, 0.2) is 42.5 Å². The average molecular weight is 401 g/mol. The predicted molar refractivity (Wildman–Crippen MR) is 114 cm³/mol. The Morgan fingerprint density at radius 1 is 0.966 bits per heavy atom. The first-order chi connectivity index (χ1) is 13.8. The quantitative estimate of drug-likeness (QED) is 0.666. The maximum atomic E-state index is 12.1. The Labute approximate surface area is 173 Å². The fourth-order valence-corrected chi connectivity index (χ4v) is 2.76. The van der Waals surface area contributed by atoms with Crippen LogP contribution in [-0.2, 0) is 24.3 Å². The van der Waals surface area contributed by atoms with Gasteiger partial charge in [-0.2, -0.15) is 0 Å². The minimum Gasteiger partial charge on any atom is -0.497 e. The van der Waals surface area contributed by atoms with Gasteiger partial charge in [0, 0.05) is 13.1 Å². The van der Waals surface area contributed by atoms with E-state index in [9.17, 15) is 4.79 Å². The number of amides is 2. The molecular formula is C23H32N2O4. The van der Waals surface area contributed by atoms with Crippen molar-refractivity contribution in [2.75, 3.05) is 20.8 Å². The fraction of sp³-hybridized carbons (Fsp3) is 0.435. The summed E-state index contributed by atoms with van der Waals surface area (Å²) in [7, 11) is 3.26. The average Bonchev–Trinajstić information content (AvgIpc) is 2.70. The van der Waals surface area contributed by atoms with Gasteiger partial charge in [-0.25, -0.2) is 4.79 Å². The molecular weight excluding hydrogens is 368 g/mol. The van der Waals surface area contributed by atoms with E-state index >= 15 is 0 Å². The molecule has 0 aliphatic carbocycles. The van der Waals surface area contributed by atoms with Gasteiger partial charge in [0.05, 0.1) is 26.4 Å². The summed E-state index contributed by atoms with van der Waals surface area (Å²) in [5.41, 5.74) is 2.92. The van der Waals surface area contributed by atoms with Gasteiger partial charge in [-0.15, -0.1) is 0 Å². The standard InChI is InChI=1S/C23H32N2O4/c1-23(2,3)29-16-18-8-6-7-17(13-18)15-25-22(26)24-12-11-19-14-20(27-4)9-10-21(19)28-5/h6-10,13-14H,11-12,15-16H2,1-5H3,(H2,24,25,26). The number of methoxy groups -OCH3 is 2. The summed E-state index contributed by atoms with van der Waals surface area (Å²) in [5, 5.41) is 5.77. The highest BCUT2D eigenvalue weighted by Crippen LogP contribution is 2.24. The number of ether oxygens (including phenoxy) is 3. The first kappa shape index (κ1) is 22.6. The Bertz CT molecular complexity index is 800. The summed E-state index contributed by atoms with van der Waals surface area (Å²) < 4.78 is 16.4. The molecule has 2 N–H and O–H groups in total. The number of rotatable bonds is 9. The minimum atomic E-state index is -0.205. The topological polar surface area (TPSA) is 68.8 Å². The molecule has 6 nitrogen and oxygen atoms in total. The van der Waals surface area contributed by atoms with Gasteiger partial charge in [0.15, 0.2) is 0 Å². The van der Waals surface area contributed by atoms with Crippen molar-refractivity contribution in [3.63, 3.8) is 0 Å². The second-order valence-electron chi connectivity index (χ2n) is 7.76. The van der Waals surface area contributed by atoms with Crippen LogP contribution in [0.5, 0.6) is 11.5 Å². The molecule has 29 heavy (non-hydrogen) atoms. The molecule has 0 aliphatic heterocycles. The third kappa shape index (κ3) is 8.03. The lowest BCUT2D eigenvalue weighted by molar-refractivity contribution is -0.0149. The zero-order valence-corrected chi connectivity index (χ0v) is 18.0. The Kier molecular flexibility index (Phi) is 8.34. The molecule has 0 bridgehead atoms. The Balaban J connectivity index is 1.79.